The third kappa shape index (κ3) is 5.57. The van der Waals surface area contributed by atoms with E-state index in [2.05, 4.69) is 15.0 Å². The molecule has 0 spiro atoms. The van der Waals surface area contributed by atoms with Crippen LogP contribution in [0, 0.1) is 17.5 Å². The third-order valence-electron chi connectivity index (χ3n) is 7.32. The number of likely N-dealkylation sites (N-methyl/N-ethyl adjacent to an activating group) is 1. The minimum Gasteiger partial charge on any atom is -0.367 e. The quantitative estimate of drug-likeness (QED) is 0.264. The van der Waals surface area contributed by atoms with E-state index in [-0.39, 0.29) is 34.6 Å². The van der Waals surface area contributed by atoms with E-state index >= 15 is 4.39 Å². The highest BCUT2D eigenvalue weighted by Crippen LogP contribution is 2.28. The molecule has 0 unspecified atom stereocenters. The standard InChI is InChI=1S/C30H25ClF3N5O2/c1-37-8-10-38(11-9-37)27-15-26-22(14-25(27)34)29(40)23(17-39(26)16-18-2-5-20(31)6-3-18)30-35-28(41-36-30)12-19-4-7-21(32)13-24(19)33/h2-7,13-15,17H,8-12,16H2,1H3. The Labute approximate surface area is 238 Å². The summed E-state index contributed by atoms with van der Waals surface area (Å²) in [5, 5.41) is 4.72. The molecule has 0 radical (unpaired) electrons. The van der Waals surface area contributed by atoms with Crippen LogP contribution in [0.2, 0.25) is 5.02 Å². The molecule has 3 aromatic carbocycles. The lowest BCUT2D eigenvalue weighted by molar-refractivity contribution is 0.312. The summed E-state index contributed by atoms with van der Waals surface area (Å²) in [4.78, 5) is 22.2. The normalized spacial score (nSPS) is 14.2. The molecule has 41 heavy (non-hydrogen) atoms. The summed E-state index contributed by atoms with van der Waals surface area (Å²) in [5.74, 6) is -1.89. The predicted molar refractivity (Wildman–Crippen MR) is 151 cm³/mol. The van der Waals surface area contributed by atoms with Crippen LogP contribution in [0.5, 0.6) is 0 Å². The zero-order chi connectivity index (χ0) is 28.7. The number of piperazine rings is 1. The van der Waals surface area contributed by atoms with Crippen molar-refractivity contribution in [1.82, 2.24) is 19.6 Å². The molecule has 5 aromatic rings. The van der Waals surface area contributed by atoms with Gasteiger partial charge in [-0.25, -0.2) is 13.2 Å². The van der Waals surface area contributed by atoms with E-state index in [0.717, 1.165) is 30.8 Å². The first-order chi connectivity index (χ1) is 19.7. The molecule has 1 fully saturated rings. The molecule has 0 N–H and O–H groups in total. The highest BCUT2D eigenvalue weighted by molar-refractivity contribution is 6.30. The van der Waals surface area contributed by atoms with Gasteiger partial charge < -0.3 is 18.9 Å². The van der Waals surface area contributed by atoms with Crippen LogP contribution in [0.4, 0.5) is 18.9 Å². The maximum Gasteiger partial charge on any atom is 0.231 e. The SMILES string of the molecule is CN1CCN(c2cc3c(cc2F)c(=O)c(-c2noc(Cc4ccc(F)cc4F)n2)cn3Cc2ccc(Cl)cc2)CC1. The molecule has 2 aromatic heterocycles. The minimum absolute atomic E-state index is 0.0113. The highest BCUT2D eigenvalue weighted by atomic mass is 35.5. The van der Waals surface area contributed by atoms with Crippen molar-refractivity contribution < 1.29 is 17.7 Å². The van der Waals surface area contributed by atoms with Gasteiger partial charge in [0.25, 0.3) is 0 Å². The zero-order valence-corrected chi connectivity index (χ0v) is 22.8. The molecule has 0 saturated carbocycles. The van der Waals surface area contributed by atoms with Crippen LogP contribution in [0.3, 0.4) is 0 Å². The van der Waals surface area contributed by atoms with Crippen molar-refractivity contribution >= 4 is 28.2 Å². The largest absolute Gasteiger partial charge is 0.367 e. The van der Waals surface area contributed by atoms with E-state index in [0.29, 0.717) is 35.9 Å². The summed E-state index contributed by atoms with van der Waals surface area (Å²) in [5.41, 5.74) is 1.71. The van der Waals surface area contributed by atoms with Crippen LogP contribution in [0.1, 0.15) is 17.0 Å². The van der Waals surface area contributed by atoms with Gasteiger partial charge in [0.1, 0.15) is 17.5 Å². The first kappa shape index (κ1) is 27.0. The number of pyridine rings is 1. The van der Waals surface area contributed by atoms with Gasteiger partial charge in [-0.1, -0.05) is 35.0 Å². The van der Waals surface area contributed by atoms with Gasteiger partial charge in [0.15, 0.2) is 0 Å². The number of hydrogen-bond donors (Lipinski definition) is 0. The fraction of sp³-hybridized carbons (Fsp3) is 0.233. The van der Waals surface area contributed by atoms with Crippen LogP contribution >= 0.6 is 11.6 Å². The van der Waals surface area contributed by atoms with Crippen molar-refractivity contribution in [2.75, 3.05) is 38.1 Å². The Bertz CT molecular complexity index is 1800. The summed E-state index contributed by atoms with van der Waals surface area (Å²) in [7, 11) is 2.03. The molecule has 1 saturated heterocycles. The Hall–Kier alpha value is -4.15. The molecule has 1 aliphatic heterocycles. The van der Waals surface area contributed by atoms with Crippen LogP contribution in [0.25, 0.3) is 22.3 Å². The van der Waals surface area contributed by atoms with E-state index in [9.17, 15) is 13.6 Å². The number of rotatable bonds is 6. The van der Waals surface area contributed by atoms with Crippen molar-refractivity contribution in [2.24, 2.45) is 0 Å². The summed E-state index contributed by atoms with van der Waals surface area (Å²) >= 11 is 6.08. The maximum atomic E-state index is 15.5. The number of aromatic nitrogens is 3. The average molecular weight is 580 g/mol. The fourth-order valence-corrected chi connectivity index (χ4v) is 5.16. The van der Waals surface area contributed by atoms with Crippen LogP contribution in [-0.2, 0) is 13.0 Å². The van der Waals surface area contributed by atoms with Crippen LogP contribution in [-0.4, -0.2) is 52.8 Å². The number of anilines is 1. The lowest BCUT2D eigenvalue weighted by Crippen LogP contribution is -2.44. The Morgan fingerprint density at radius 1 is 0.951 bits per heavy atom. The molecule has 1 aliphatic rings. The van der Waals surface area contributed by atoms with Gasteiger partial charge in [-0.3, -0.25) is 4.79 Å². The van der Waals surface area contributed by atoms with E-state index < -0.39 is 22.9 Å². The number of benzene rings is 3. The van der Waals surface area contributed by atoms with Gasteiger partial charge in [0.2, 0.25) is 17.1 Å². The molecule has 7 nitrogen and oxygen atoms in total. The minimum atomic E-state index is -0.743. The van der Waals surface area contributed by atoms with Crippen LogP contribution in [0.15, 0.2) is 70.1 Å². The van der Waals surface area contributed by atoms with Crippen molar-refractivity contribution in [3.05, 3.63) is 111 Å². The van der Waals surface area contributed by atoms with Crippen molar-refractivity contribution in [2.45, 2.75) is 13.0 Å². The molecule has 210 valence electrons. The van der Waals surface area contributed by atoms with E-state index in [1.54, 1.807) is 24.4 Å². The van der Waals surface area contributed by atoms with E-state index in [1.807, 2.05) is 28.6 Å². The zero-order valence-electron chi connectivity index (χ0n) is 22.1. The second kappa shape index (κ2) is 11.0. The van der Waals surface area contributed by atoms with Crippen molar-refractivity contribution in [3.8, 4) is 11.4 Å². The Morgan fingerprint density at radius 2 is 1.71 bits per heavy atom. The number of nitrogens with zero attached hydrogens (tertiary/aromatic N) is 5. The van der Waals surface area contributed by atoms with Crippen LogP contribution < -0.4 is 10.3 Å². The number of halogens is 4. The van der Waals surface area contributed by atoms with Gasteiger partial charge in [0.05, 0.1) is 23.2 Å². The Balaban J connectivity index is 1.44. The van der Waals surface area contributed by atoms with E-state index in [4.69, 9.17) is 16.1 Å². The Kier molecular flexibility index (Phi) is 7.27. The molecule has 0 atom stereocenters. The van der Waals surface area contributed by atoms with Gasteiger partial charge in [-0.15, -0.1) is 0 Å². The highest BCUT2D eigenvalue weighted by Gasteiger charge is 2.22. The summed E-state index contributed by atoms with van der Waals surface area (Å²) in [6.07, 6.45) is 1.53. The second-order valence-corrected chi connectivity index (χ2v) is 10.6. The summed E-state index contributed by atoms with van der Waals surface area (Å²) in [6.45, 7) is 3.30. The molecule has 11 heteroatoms. The summed E-state index contributed by atoms with van der Waals surface area (Å²) in [6, 6.07) is 13.5. The lowest BCUT2D eigenvalue weighted by Gasteiger charge is -2.34. The second-order valence-electron chi connectivity index (χ2n) is 10.2. The lowest BCUT2D eigenvalue weighted by atomic mass is 10.1. The number of fused-ring (bicyclic) bond motifs is 1. The average Bonchev–Trinajstić information content (AvgIpc) is 3.42. The predicted octanol–water partition coefficient (Wildman–Crippen LogP) is 5.51. The molecule has 3 heterocycles. The monoisotopic (exact) mass is 579 g/mol. The van der Waals surface area contributed by atoms with Gasteiger partial charge in [0, 0.05) is 55.4 Å². The number of hydrogen-bond acceptors (Lipinski definition) is 6. The van der Waals surface area contributed by atoms with Gasteiger partial charge in [-0.05, 0) is 48.5 Å². The third-order valence-corrected chi connectivity index (χ3v) is 7.58. The van der Waals surface area contributed by atoms with Gasteiger partial charge in [-0.2, -0.15) is 4.98 Å². The molecule has 0 bridgehead atoms. The van der Waals surface area contributed by atoms with Crippen molar-refractivity contribution in [1.29, 1.82) is 0 Å². The van der Waals surface area contributed by atoms with E-state index in [1.165, 1.54) is 12.1 Å². The smallest absolute Gasteiger partial charge is 0.231 e. The first-order valence-corrected chi connectivity index (χ1v) is 13.4. The molecule has 0 amide bonds. The molecular formula is C30H25ClF3N5O2. The topological polar surface area (TPSA) is 67.4 Å². The first-order valence-electron chi connectivity index (χ1n) is 13.1. The Morgan fingerprint density at radius 3 is 2.44 bits per heavy atom. The molecular weight excluding hydrogens is 555 g/mol. The molecule has 6 rings (SSSR count). The fourth-order valence-electron chi connectivity index (χ4n) is 5.03. The molecule has 0 aliphatic carbocycles. The van der Waals surface area contributed by atoms with Gasteiger partial charge >= 0.3 is 0 Å². The maximum absolute atomic E-state index is 15.5. The summed E-state index contributed by atoms with van der Waals surface area (Å²) < 4.78 is 50.1. The van der Waals surface area contributed by atoms with Crippen molar-refractivity contribution in [3.63, 3.8) is 0 Å².